The van der Waals surface area contributed by atoms with Gasteiger partial charge in [-0.3, -0.25) is 4.68 Å². The first kappa shape index (κ1) is 11.8. The minimum atomic E-state index is -0.204. The maximum atomic E-state index is 5.97. The average Bonchev–Trinajstić information content (AvgIpc) is 2.87. The van der Waals surface area contributed by atoms with E-state index in [1.807, 2.05) is 27.8 Å². The first-order chi connectivity index (χ1) is 8.00. The van der Waals surface area contributed by atoms with Crippen LogP contribution in [0.15, 0.2) is 10.7 Å². The monoisotopic (exact) mass is 235 g/mol. The molecular weight excluding hydrogens is 218 g/mol. The van der Waals surface area contributed by atoms with E-state index in [0.717, 1.165) is 11.3 Å². The third kappa shape index (κ3) is 2.08. The molecule has 2 heterocycles. The predicted molar refractivity (Wildman–Crippen MR) is 63.0 cm³/mol. The van der Waals surface area contributed by atoms with Crippen LogP contribution < -0.4 is 5.73 Å². The summed E-state index contributed by atoms with van der Waals surface area (Å²) in [5.74, 6) is 1.29. The van der Waals surface area contributed by atoms with E-state index in [4.69, 9.17) is 10.3 Å². The fourth-order valence-electron chi connectivity index (χ4n) is 1.49. The summed E-state index contributed by atoms with van der Waals surface area (Å²) in [5, 5.41) is 8.06. The lowest BCUT2D eigenvalue weighted by Gasteiger charge is -2.09. The first-order valence-electron chi connectivity index (χ1n) is 5.59. The van der Waals surface area contributed by atoms with Crippen molar-refractivity contribution in [3.8, 4) is 11.5 Å². The number of nitrogens with two attached hydrogens (primary N) is 1. The van der Waals surface area contributed by atoms with Gasteiger partial charge in [0.15, 0.2) is 5.82 Å². The normalized spacial score (nSPS) is 13.3. The van der Waals surface area contributed by atoms with Gasteiger partial charge in [0.2, 0.25) is 0 Å². The van der Waals surface area contributed by atoms with Crippen LogP contribution in [0, 0.1) is 12.8 Å². The number of hydrogen-bond acceptors (Lipinski definition) is 5. The van der Waals surface area contributed by atoms with E-state index >= 15 is 0 Å². The standard InChI is InChI=1S/C11H17N5O/c1-6(2)9(12)10-14-11(17-15-10)8-5-13-16(4)7(8)3/h5-6,9H,12H2,1-4H3. The van der Waals surface area contributed by atoms with Crippen LogP contribution in [0.1, 0.15) is 31.4 Å². The lowest BCUT2D eigenvalue weighted by molar-refractivity contribution is 0.400. The summed E-state index contributed by atoms with van der Waals surface area (Å²) in [4.78, 5) is 4.32. The van der Waals surface area contributed by atoms with E-state index in [2.05, 4.69) is 15.2 Å². The van der Waals surface area contributed by atoms with Crippen molar-refractivity contribution in [3.05, 3.63) is 17.7 Å². The number of aromatic nitrogens is 4. The predicted octanol–water partition coefficient (Wildman–Crippen LogP) is 1.43. The molecule has 0 amide bonds. The van der Waals surface area contributed by atoms with Crippen molar-refractivity contribution in [3.63, 3.8) is 0 Å². The molecule has 0 spiro atoms. The molecule has 2 aromatic rings. The summed E-state index contributed by atoms with van der Waals surface area (Å²) in [6.45, 7) is 6.00. The van der Waals surface area contributed by atoms with E-state index in [9.17, 15) is 0 Å². The van der Waals surface area contributed by atoms with Crippen LogP contribution in [0.4, 0.5) is 0 Å². The highest BCUT2D eigenvalue weighted by molar-refractivity contribution is 5.54. The van der Waals surface area contributed by atoms with E-state index in [1.54, 1.807) is 10.9 Å². The SMILES string of the molecule is Cc1c(-c2nc(C(N)C(C)C)no2)cnn1C. The van der Waals surface area contributed by atoms with Crippen LogP contribution in [0.3, 0.4) is 0 Å². The summed E-state index contributed by atoms with van der Waals surface area (Å²) < 4.78 is 6.99. The second-order valence-electron chi connectivity index (χ2n) is 4.49. The fraction of sp³-hybridized carbons (Fsp3) is 0.545. The molecule has 0 radical (unpaired) electrons. The molecule has 6 heteroatoms. The highest BCUT2D eigenvalue weighted by Crippen LogP contribution is 2.23. The molecule has 0 fully saturated rings. The van der Waals surface area contributed by atoms with Crippen molar-refractivity contribution in [2.45, 2.75) is 26.8 Å². The third-order valence-corrected chi connectivity index (χ3v) is 2.92. The van der Waals surface area contributed by atoms with E-state index in [1.165, 1.54) is 0 Å². The van der Waals surface area contributed by atoms with Gasteiger partial charge in [-0.15, -0.1) is 0 Å². The summed E-state index contributed by atoms with van der Waals surface area (Å²) >= 11 is 0. The molecule has 2 rings (SSSR count). The van der Waals surface area contributed by atoms with Crippen LogP contribution in [0.2, 0.25) is 0 Å². The molecule has 2 N–H and O–H groups in total. The van der Waals surface area contributed by atoms with Gasteiger partial charge in [-0.2, -0.15) is 10.1 Å². The number of hydrogen-bond donors (Lipinski definition) is 1. The smallest absolute Gasteiger partial charge is 0.261 e. The second kappa shape index (κ2) is 4.29. The number of aryl methyl sites for hydroxylation is 1. The van der Waals surface area contributed by atoms with Crippen molar-refractivity contribution in [1.82, 2.24) is 19.9 Å². The summed E-state index contributed by atoms with van der Waals surface area (Å²) in [6.07, 6.45) is 1.72. The van der Waals surface area contributed by atoms with Crippen molar-refractivity contribution < 1.29 is 4.52 Å². The van der Waals surface area contributed by atoms with Gasteiger partial charge in [-0.05, 0) is 12.8 Å². The quantitative estimate of drug-likeness (QED) is 0.870. The summed E-state index contributed by atoms with van der Waals surface area (Å²) in [5.41, 5.74) is 7.80. The Balaban J connectivity index is 2.33. The molecule has 0 saturated carbocycles. The molecule has 2 aromatic heterocycles. The lowest BCUT2D eigenvalue weighted by atomic mass is 10.1. The number of rotatable bonds is 3. The molecule has 0 aliphatic rings. The Hall–Kier alpha value is -1.69. The minimum Gasteiger partial charge on any atom is -0.334 e. The fourth-order valence-corrected chi connectivity index (χ4v) is 1.49. The van der Waals surface area contributed by atoms with Gasteiger partial charge in [-0.1, -0.05) is 19.0 Å². The van der Waals surface area contributed by atoms with Gasteiger partial charge in [0.1, 0.15) is 0 Å². The zero-order valence-corrected chi connectivity index (χ0v) is 10.5. The van der Waals surface area contributed by atoms with Crippen molar-refractivity contribution >= 4 is 0 Å². The van der Waals surface area contributed by atoms with E-state index in [-0.39, 0.29) is 12.0 Å². The number of nitrogens with zero attached hydrogens (tertiary/aromatic N) is 4. The largest absolute Gasteiger partial charge is 0.334 e. The Morgan fingerprint density at radius 3 is 2.65 bits per heavy atom. The molecule has 17 heavy (non-hydrogen) atoms. The maximum absolute atomic E-state index is 5.97. The summed E-state index contributed by atoms with van der Waals surface area (Å²) in [7, 11) is 1.87. The molecule has 0 aromatic carbocycles. The molecule has 92 valence electrons. The van der Waals surface area contributed by atoms with Crippen molar-refractivity contribution in [1.29, 1.82) is 0 Å². The first-order valence-corrected chi connectivity index (χ1v) is 5.59. The van der Waals surface area contributed by atoms with Crippen LogP contribution in [0.5, 0.6) is 0 Å². The Morgan fingerprint density at radius 1 is 1.41 bits per heavy atom. The topological polar surface area (TPSA) is 82.8 Å². The van der Waals surface area contributed by atoms with E-state index < -0.39 is 0 Å². The minimum absolute atomic E-state index is 0.204. The Kier molecular flexibility index (Phi) is 2.97. The molecule has 0 aliphatic heterocycles. The zero-order valence-electron chi connectivity index (χ0n) is 10.5. The highest BCUT2D eigenvalue weighted by Gasteiger charge is 2.19. The van der Waals surface area contributed by atoms with Gasteiger partial charge in [-0.25, -0.2) is 0 Å². The van der Waals surface area contributed by atoms with Gasteiger partial charge >= 0.3 is 0 Å². The molecule has 0 aliphatic carbocycles. The molecule has 0 saturated heterocycles. The third-order valence-electron chi connectivity index (χ3n) is 2.92. The second-order valence-corrected chi connectivity index (χ2v) is 4.49. The van der Waals surface area contributed by atoms with Gasteiger partial charge in [0.25, 0.3) is 5.89 Å². The summed E-state index contributed by atoms with van der Waals surface area (Å²) in [6, 6.07) is -0.204. The Bertz CT molecular complexity index is 514. The highest BCUT2D eigenvalue weighted by atomic mass is 16.5. The molecule has 1 atom stereocenters. The average molecular weight is 235 g/mol. The Labute approximate surface area is 99.8 Å². The van der Waals surface area contributed by atoms with Crippen LogP contribution in [-0.2, 0) is 7.05 Å². The zero-order chi connectivity index (χ0) is 12.6. The van der Waals surface area contributed by atoms with Gasteiger partial charge < -0.3 is 10.3 Å². The molecule has 6 nitrogen and oxygen atoms in total. The molecule has 0 bridgehead atoms. The molecule has 1 unspecified atom stereocenters. The maximum Gasteiger partial charge on any atom is 0.261 e. The van der Waals surface area contributed by atoms with Crippen molar-refractivity contribution in [2.75, 3.05) is 0 Å². The Morgan fingerprint density at radius 2 is 2.12 bits per heavy atom. The lowest BCUT2D eigenvalue weighted by Crippen LogP contribution is -2.18. The van der Waals surface area contributed by atoms with Gasteiger partial charge in [0.05, 0.1) is 17.8 Å². The molecular formula is C11H17N5O. The van der Waals surface area contributed by atoms with Crippen molar-refractivity contribution in [2.24, 2.45) is 18.7 Å². The van der Waals surface area contributed by atoms with Gasteiger partial charge in [0, 0.05) is 12.7 Å². The van der Waals surface area contributed by atoms with E-state index in [0.29, 0.717) is 11.7 Å². The van der Waals surface area contributed by atoms with Crippen LogP contribution in [0.25, 0.3) is 11.5 Å². The van der Waals surface area contributed by atoms with Crippen LogP contribution >= 0.6 is 0 Å². The van der Waals surface area contributed by atoms with Crippen LogP contribution in [-0.4, -0.2) is 19.9 Å².